The van der Waals surface area contributed by atoms with E-state index in [2.05, 4.69) is 14.9 Å². The van der Waals surface area contributed by atoms with Crippen LogP contribution in [0.3, 0.4) is 0 Å². The van der Waals surface area contributed by atoms with E-state index in [-0.39, 0.29) is 14.9 Å². The molecule has 29 heavy (non-hydrogen) atoms. The third-order valence-electron chi connectivity index (χ3n) is 3.82. The molecule has 1 N–H and O–H groups in total. The first-order valence-electron chi connectivity index (χ1n) is 8.80. The highest BCUT2D eigenvalue weighted by Crippen LogP contribution is 2.30. The number of hydrogen-bond donors (Lipinski definition) is 1. The van der Waals surface area contributed by atoms with E-state index in [1.165, 1.54) is 18.2 Å². The standard InChI is InChI=1S/C20H19Cl2N3O3S/c1-13(2)12-28-19-10-9-17(23-24-19)14-5-3-6-15(11-14)25-29(26,27)18-8-4-7-16(21)20(18)22/h3-11,13,25H,12H2,1-2H3. The van der Waals surface area contributed by atoms with Crippen LogP contribution in [0, 0.1) is 5.92 Å². The monoisotopic (exact) mass is 451 g/mol. The molecule has 6 nitrogen and oxygen atoms in total. The zero-order valence-corrected chi connectivity index (χ0v) is 18.1. The number of sulfonamides is 1. The van der Waals surface area contributed by atoms with Crippen LogP contribution in [-0.4, -0.2) is 25.2 Å². The van der Waals surface area contributed by atoms with Crippen LogP contribution in [0.2, 0.25) is 10.0 Å². The second-order valence-electron chi connectivity index (χ2n) is 6.70. The molecule has 0 saturated heterocycles. The molecular weight excluding hydrogens is 433 g/mol. The Labute approximate surface area is 179 Å². The molecule has 2 aromatic carbocycles. The maximum absolute atomic E-state index is 12.7. The number of benzene rings is 2. The molecule has 0 fully saturated rings. The number of hydrogen-bond acceptors (Lipinski definition) is 5. The number of anilines is 1. The molecule has 152 valence electrons. The average Bonchev–Trinajstić information content (AvgIpc) is 2.68. The van der Waals surface area contributed by atoms with Gasteiger partial charge in [0.1, 0.15) is 4.90 Å². The molecule has 0 saturated carbocycles. The van der Waals surface area contributed by atoms with Crippen molar-refractivity contribution in [2.24, 2.45) is 5.92 Å². The number of aromatic nitrogens is 2. The van der Waals surface area contributed by atoms with Crippen LogP contribution in [0.15, 0.2) is 59.5 Å². The third kappa shape index (κ3) is 5.38. The minimum absolute atomic E-state index is 0.0272. The smallest absolute Gasteiger partial charge is 0.263 e. The molecule has 0 unspecified atom stereocenters. The minimum atomic E-state index is -3.91. The molecule has 0 amide bonds. The van der Waals surface area contributed by atoms with Gasteiger partial charge in [0.25, 0.3) is 10.0 Å². The van der Waals surface area contributed by atoms with Gasteiger partial charge in [0.05, 0.1) is 22.3 Å². The predicted molar refractivity (Wildman–Crippen MR) is 115 cm³/mol. The lowest BCUT2D eigenvalue weighted by molar-refractivity contribution is 0.258. The zero-order chi connectivity index (χ0) is 21.0. The number of halogens is 2. The summed E-state index contributed by atoms with van der Waals surface area (Å²) < 4.78 is 33.4. The number of nitrogens with one attached hydrogen (secondary N) is 1. The van der Waals surface area contributed by atoms with Gasteiger partial charge >= 0.3 is 0 Å². The molecule has 1 heterocycles. The van der Waals surface area contributed by atoms with E-state index in [4.69, 9.17) is 27.9 Å². The Morgan fingerprint density at radius 3 is 2.48 bits per heavy atom. The first-order chi connectivity index (χ1) is 13.8. The lowest BCUT2D eigenvalue weighted by Gasteiger charge is -2.11. The van der Waals surface area contributed by atoms with Gasteiger partial charge in [-0.15, -0.1) is 10.2 Å². The van der Waals surface area contributed by atoms with Crippen molar-refractivity contribution in [2.75, 3.05) is 11.3 Å². The Morgan fingerprint density at radius 1 is 1.03 bits per heavy atom. The summed E-state index contributed by atoms with van der Waals surface area (Å²) in [6, 6.07) is 14.8. The molecular formula is C20H19Cl2N3O3S. The van der Waals surface area contributed by atoms with E-state index < -0.39 is 10.0 Å². The summed E-state index contributed by atoms with van der Waals surface area (Å²) >= 11 is 12.0. The Morgan fingerprint density at radius 2 is 1.79 bits per heavy atom. The topological polar surface area (TPSA) is 81.2 Å². The molecule has 0 spiro atoms. The van der Waals surface area contributed by atoms with Crippen LogP contribution in [0.25, 0.3) is 11.3 Å². The normalized spacial score (nSPS) is 11.5. The van der Waals surface area contributed by atoms with Gasteiger partial charge in [-0.05, 0) is 36.2 Å². The van der Waals surface area contributed by atoms with Crippen molar-refractivity contribution < 1.29 is 13.2 Å². The summed E-state index contributed by atoms with van der Waals surface area (Å²) in [4.78, 5) is -0.0940. The quantitative estimate of drug-likeness (QED) is 0.527. The van der Waals surface area contributed by atoms with E-state index in [0.717, 1.165) is 0 Å². The lowest BCUT2D eigenvalue weighted by Crippen LogP contribution is -2.13. The molecule has 9 heteroatoms. The highest BCUT2D eigenvalue weighted by atomic mass is 35.5. The van der Waals surface area contributed by atoms with Gasteiger partial charge in [-0.25, -0.2) is 8.42 Å². The maximum atomic E-state index is 12.7. The first kappa shape index (κ1) is 21.4. The molecule has 0 aliphatic heterocycles. The van der Waals surface area contributed by atoms with Crippen molar-refractivity contribution in [3.05, 3.63) is 64.6 Å². The number of ether oxygens (including phenoxy) is 1. The van der Waals surface area contributed by atoms with Crippen molar-refractivity contribution in [3.8, 4) is 17.1 Å². The Kier molecular flexibility index (Phi) is 6.62. The van der Waals surface area contributed by atoms with E-state index in [9.17, 15) is 8.42 Å². The van der Waals surface area contributed by atoms with Gasteiger partial charge in [0.2, 0.25) is 5.88 Å². The van der Waals surface area contributed by atoms with E-state index in [1.807, 2.05) is 19.9 Å². The average molecular weight is 452 g/mol. The van der Waals surface area contributed by atoms with Crippen molar-refractivity contribution in [1.82, 2.24) is 10.2 Å². The molecule has 0 radical (unpaired) electrons. The van der Waals surface area contributed by atoms with Crippen LogP contribution in [0.4, 0.5) is 5.69 Å². The van der Waals surface area contributed by atoms with Crippen molar-refractivity contribution in [3.63, 3.8) is 0 Å². The second kappa shape index (κ2) is 8.98. The fraction of sp³-hybridized carbons (Fsp3) is 0.200. The first-order valence-corrected chi connectivity index (χ1v) is 11.0. The molecule has 1 aromatic heterocycles. The molecule has 0 bridgehead atoms. The second-order valence-corrected chi connectivity index (χ2v) is 9.14. The SMILES string of the molecule is CC(C)COc1ccc(-c2cccc(NS(=O)(=O)c3cccc(Cl)c3Cl)c2)nn1. The lowest BCUT2D eigenvalue weighted by atomic mass is 10.1. The summed E-state index contributed by atoms with van der Waals surface area (Å²) in [7, 11) is -3.91. The predicted octanol–water partition coefficient (Wildman–Crippen LogP) is 5.29. The van der Waals surface area contributed by atoms with E-state index >= 15 is 0 Å². The number of rotatable bonds is 7. The third-order valence-corrected chi connectivity index (χ3v) is 6.18. The summed E-state index contributed by atoms with van der Waals surface area (Å²) in [5.74, 6) is 0.823. The summed E-state index contributed by atoms with van der Waals surface area (Å²) in [6.07, 6.45) is 0. The Hall–Kier alpha value is -2.35. The van der Waals surface area contributed by atoms with Crippen LogP contribution < -0.4 is 9.46 Å². The Balaban J connectivity index is 1.82. The fourth-order valence-corrected chi connectivity index (χ4v) is 4.26. The van der Waals surface area contributed by atoms with Gasteiger partial charge in [0, 0.05) is 17.3 Å². The highest BCUT2D eigenvalue weighted by Gasteiger charge is 2.20. The molecule has 3 aromatic rings. The molecule has 0 aliphatic rings. The maximum Gasteiger partial charge on any atom is 0.263 e. The van der Waals surface area contributed by atoms with Crippen LogP contribution in [0.5, 0.6) is 5.88 Å². The van der Waals surface area contributed by atoms with Gasteiger partial charge in [-0.1, -0.05) is 55.2 Å². The largest absolute Gasteiger partial charge is 0.476 e. The van der Waals surface area contributed by atoms with Gasteiger partial charge in [-0.2, -0.15) is 0 Å². The zero-order valence-electron chi connectivity index (χ0n) is 15.8. The Bertz CT molecular complexity index is 1100. The van der Waals surface area contributed by atoms with Crippen molar-refractivity contribution in [2.45, 2.75) is 18.7 Å². The van der Waals surface area contributed by atoms with Gasteiger partial charge < -0.3 is 4.74 Å². The van der Waals surface area contributed by atoms with Crippen LogP contribution in [-0.2, 0) is 10.0 Å². The van der Waals surface area contributed by atoms with Gasteiger partial charge in [0.15, 0.2) is 0 Å². The van der Waals surface area contributed by atoms with Gasteiger partial charge in [-0.3, -0.25) is 4.72 Å². The van der Waals surface area contributed by atoms with E-state index in [0.29, 0.717) is 35.3 Å². The summed E-state index contributed by atoms with van der Waals surface area (Å²) in [5, 5.41) is 8.35. The fourth-order valence-electron chi connectivity index (χ4n) is 2.45. The van der Waals surface area contributed by atoms with Crippen molar-refractivity contribution >= 4 is 38.9 Å². The molecule has 0 atom stereocenters. The summed E-state index contributed by atoms with van der Waals surface area (Å²) in [6.45, 7) is 4.65. The molecule has 3 rings (SSSR count). The van der Waals surface area contributed by atoms with Crippen LogP contribution >= 0.6 is 23.2 Å². The number of nitrogens with zero attached hydrogens (tertiary/aromatic N) is 2. The highest BCUT2D eigenvalue weighted by molar-refractivity contribution is 7.92. The molecule has 0 aliphatic carbocycles. The van der Waals surface area contributed by atoms with Crippen molar-refractivity contribution in [1.29, 1.82) is 0 Å². The van der Waals surface area contributed by atoms with E-state index in [1.54, 1.807) is 30.3 Å². The van der Waals surface area contributed by atoms with Crippen LogP contribution in [0.1, 0.15) is 13.8 Å². The minimum Gasteiger partial charge on any atom is -0.476 e. The summed E-state index contributed by atoms with van der Waals surface area (Å²) in [5.41, 5.74) is 1.65.